The summed E-state index contributed by atoms with van der Waals surface area (Å²) in [6, 6.07) is 0.385. The molecule has 0 aliphatic heterocycles. The summed E-state index contributed by atoms with van der Waals surface area (Å²) in [7, 11) is 5.92. The summed E-state index contributed by atoms with van der Waals surface area (Å²) in [5.41, 5.74) is 1.11. The summed E-state index contributed by atoms with van der Waals surface area (Å²) < 4.78 is 1.78. The number of hydrogen-bond donors (Lipinski definition) is 2. The van der Waals surface area contributed by atoms with Crippen molar-refractivity contribution in [3.05, 3.63) is 18.0 Å². The van der Waals surface area contributed by atoms with Crippen LogP contribution in [0.2, 0.25) is 0 Å². The Balaban J connectivity index is 1.85. The van der Waals surface area contributed by atoms with Gasteiger partial charge in [-0.3, -0.25) is 4.68 Å². The first-order valence-corrected chi connectivity index (χ1v) is 7.66. The van der Waals surface area contributed by atoms with Gasteiger partial charge in [0.05, 0.1) is 12.2 Å². The van der Waals surface area contributed by atoms with Crippen LogP contribution in [0.25, 0.3) is 0 Å². The Bertz CT molecular complexity index is 470. The lowest BCUT2D eigenvalue weighted by Crippen LogP contribution is -2.45. The SMILES string of the molecule is CC1CCCC1NC(=O)NCC(c1cnn(C)c1)N(C)C. The average Bonchev–Trinajstić information content (AvgIpc) is 2.99. The molecule has 0 bridgehead atoms. The Hall–Kier alpha value is -1.56. The molecule has 3 atom stereocenters. The number of likely N-dealkylation sites (N-methyl/N-ethyl adjacent to an activating group) is 1. The summed E-state index contributed by atoms with van der Waals surface area (Å²) in [6.07, 6.45) is 7.35. The Labute approximate surface area is 126 Å². The zero-order valence-corrected chi connectivity index (χ0v) is 13.5. The van der Waals surface area contributed by atoms with Gasteiger partial charge in [-0.2, -0.15) is 5.10 Å². The quantitative estimate of drug-likeness (QED) is 0.865. The average molecular weight is 293 g/mol. The van der Waals surface area contributed by atoms with Gasteiger partial charge in [0, 0.05) is 31.4 Å². The smallest absolute Gasteiger partial charge is 0.315 e. The third kappa shape index (κ3) is 4.20. The Kier molecular flexibility index (Phi) is 5.22. The third-order valence-electron chi connectivity index (χ3n) is 4.37. The van der Waals surface area contributed by atoms with Gasteiger partial charge in [-0.05, 0) is 32.9 Å². The van der Waals surface area contributed by atoms with Crippen molar-refractivity contribution >= 4 is 6.03 Å². The maximum absolute atomic E-state index is 12.0. The number of rotatable bonds is 5. The number of carbonyl (C=O) groups is 1. The van der Waals surface area contributed by atoms with E-state index in [1.807, 2.05) is 33.5 Å². The second-order valence-electron chi connectivity index (χ2n) is 6.30. The van der Waals surface area contributed by atoms with Gasteiger partial charge < -0.3 is 15.5 Å². The number of nitrogens with zero attached hydrogens (tertiary/aromatic N) is 3. The first kappa shape index (κ1) is 15.8. The van der Waals surface area contributed by atoms with E-state index in [0.29, 0.717) is 18.5 Å². The minimum Gasteiger partial charge on any atom is -0.336 e. The number of amides is 2. The lowest BCUT2D eigenvalue weighted by Gasteiger charge is -2.24. The summed E-state index contributed by atoms with van der Waals surface area (Å²) in [6.45, 7) is 2.78. The summed E-state index contributed by atoms with van der Waals surface area (Å²) in [4.78, 5) is 14.1. The fourth-order valence-electron chi connectivity index (χ4n) is 2.98. The van der Waals surface area contributed by atoms with E-state index < -0.39 is 0 Å². The number of aromatic nitrogens is 2. The van der Waals surface area contributed by atoms with Gasteiger partial charge in [0.25, 0.3) is 0 Å². The second kappa shape index (κ2) is 6.93. The van der Waals surface area contributed by atoms with E-state index in [4.69, 9.17) is 0 Å². The summed E-state index contributed by atoms with van der Waals surface area (Å²) in [5, 5.41) is 10.3. The number of urea groups is 1. The van der Waals surface area contributed by atoms with Crippen LogP contribution in [0, 0.1) is 5.92 Å². The van der Waals surface area contributed by atoms with Crippen molar-refractivity contribution in [2.24, 2.45) is 13.0 Å². The molecule has 0 aromatic carbocycles. The van der Waals surface area contributed by atoms with Crippen molar-refractivity contribution in [3.63, 3.8) is 0 Å². The van der Waals surface area contributed by atoms with E-state index in [9.17, 15) is 4.79 Å². The standard InChI is InChI=1S/C15H27N5O/c1-11-6-5-7-13(11)18-15(21)16-9-14(19(2)3)12-8-17-20(4)10-12/h8,10-11,13-14H,5-7,9H2,1-4H3,(H2,16,18,21). The van der Waals surface area contributed by atoms with Crippen molar-refractivity contribution in [3.8, 4) is 0 Å². The Morgan fingerprint density at radius 3 is 2.81 bits per heavy atom. The third-order valence-corrected chi connectivity index (χ3v) is 4.37. The van der Waals surface area contributed by atoms with E-state index in [0.717, 1.165) is 12.0 Å². The predicted octanol–water partition coefficient (Wildman–Crippen LogP) is 1.51. The van der Waals surface area contributed by atoms with Crippen LogP contribution in [0.3, 0.4) is 0 Å². The van der Waals surface area contributed by atoms with Gasteiger partial charge in [0.2, 0.25) is 0 Å². The first-order valence-electron chi connectivity index (χ1n) is 7.66. The molecule has 0 spiro atoms. The van der Waals surface area contributed by atoms with Crippen LogP contribution in [0.5, 0.6) is 0 Å². The zero-order valence-electron chi connectivity index (χ0n) is 13.5. The maximum atomic E-state index is 12.0. The van der Waals surface area contributed by atoms with Gasteiger partial charge in [0.1, 0.15) is 0 Å². The molecule has 1 aliphatic carbocycles. The highest BCUT2D eigenvalue weighted by Gasteiger charge is 2.25. The van der Waals surface area contributed by atoms with E-state index in [-0.39, 0.29) is 12.1 Å². The van der Waals surface area contributed by atoms with Crippen LogP contribution in [0.15, 0.2) is 12.4 Å². The molecule has 1 aromatic rings. The molecule has 3 unspecified atom stereocenters. The predicted molar refractivity (Wildman–Crippen MR) is 83.0 cm³/mol. The monoisotopic (exact) mass is 293 g/mol. The highest BCUT2D eigenvalue weighted by molar-refractivity contribution is 5.74. The number of aryl methyl sites for hydroxylation is 1. The molecule has 21 heavy (non-hydrogen) atoms. The van der Waals surface area contributed by atoms with Crippen LogP contribution in [0.4, 0.5) is 4.79 Å². The molecule has 0 radical (unpaired) electrons. The number of carbonyl (C=O) groups excluding carboxylic acids is 1. The second-order valence-corrected chi connectivity index (χ2v) is 6.30. The Morgan fingerprint density at radius 2 is 2.29 bits per heavy atom. The summed E-state index contributed by atoms with van der Waals surface area (Å²) in [5.74, 6) is 0.582. The Morgan fingerprint density at radius 1 is 1.52 bits per heavy atom. The molecular formula is C15H27N5O. The molecule has 1 fully saturated rings. The first-order chi connectivity index (χ1) is 9.97. The van der Waals surface area contributed by atoms with Gasteiger partial charge in [0.15, 0.2) is 0 Å². The van der Waals surface area contributed by atoms with Crippen LogP contribution in [0.1, 0.15) is 37.8 Å². The van der Waals surface area contributed by atoms with Crippen molar-refractivity contribution in [1.29, 1.82) is 0 Å². The van der Waals surface area contributed by atoms with Crippen molar-refractivity contribution in [2.45, 2.75) is 38.3 Å². The molecule has 1 heterocycles. The fraction of sp³-hybridized carbons (Fsp3) is 0.733. The normalized spacial score (nSPS) is 23.3. The topological polar surface area (TPSA) is 62.2 Å². The van der Waals surface area contributed by atoms with Crippen LogP contribution >= 0.6 is 0 Å². The minimum atomic E-state index is -0.0653. The van der Waals surface area contributed by atoms with Gasteiger partial charge in [-0.15, -0.1) is 0 Å². The van der Waals surface area contributed by atoms with Crippen LogP contribution < -0.4 is 10.6 Å². The fourth-order valence-corrected chi connectivity index (χ4v) is 2.98. The van der Waals surface area contributed by atoms with Crippen LogP contribution in [-0.2, 0) is 7.05 Å². The molecule has 1 saturated carbocycles. The van der Waals surface area contributed by atoms with Crippen molar-refractivity contribution in [1.82, 2.24) is 25.3 Å². The zero-order chi connectivity index (χ0) is 15.4. The molecule has 6 nitrogen and oxygen atoms in total. The molecular weight excluding hydrogens is 266 g/mol. The van der Waals surface area contributed by atoms with E-state index in [2.05, 4.69) is 27.6 Å². The van der Waals surface area contributed by atoms with Crippen LogP contribution in [-0.4, -0.2) is 47.4 Å². The van der Waals surface area contributed by atoms with Gasteiger partial charge >= 0.3 is 6.03 Å². The molecule has 2 N–H and O–H groups in total. The minimum absolute atomic E-state index is 0.0653. The highest BCUT2D eigenvalue weighted by Crippen LogP contribution is 2.24. The van der Waals surface area contributed by atoms with E-state index in [1.165, 1.54) is 12.8 Å². The largest absolute Gasteiger partial charge is 0.336 e. The lowest BCUT2D eigenvalue weighted by atomic mass is 10.1. The molecule has 6 heteroatoms. The molecule has 2 amide bonds. The lowest BCUT2D eigenvalue weighted by molar-refractivity contribution is 0.226. The van der Waals surface area contributed by atoms with Crippen molar-refractivity contribution in [2.75, 3.05) is 20.6 Å². The molecule has 2 rings (SSSR count). The van der Waals surface area contributed by atoms with Gasteiger partial charge in [-0.1, -0.05) is 13.3 Å². The maximum Gasteiger partial charge on any atom is 0.315 e. The van der Waals surface area contributed by atoms with E-state index in [1.54, 1.807) is 4.68 Å². The number of nitrogens with one attached hydrogen (secondary N) is 2. The molecule has 1 aliphatic rings. The van der Waals surface area contributed by atoms with Gasteiger partial charge in [-0.25, -0.2) is 4.79 Å². The molecule has 118 valence electrons. The molecule has 1 aromatic heterocycles. The van der Waals surface area contributed by atoms with Crippen molar-refractivity contribution < 1.29 is 4.79 Å². The summed E-state index contributed by atoms with van der Waals surface area (Å²) >= 11 is 0. The molecule has 0 saturated heterocycles. The van der Waals surface area contributed by atoms with E-state index >= 15 is 0 Å². The number of hydrogen-bond acceptors (Lipinski definition) is 3. The highest BCUT2D eigenvalue weighted by atomic mass is 16.2.